The first kappa shape index (κ1) is 20.6. The molecule has 1 aromatic carbocycles. The van der Waals surface area contributed by atoms with Gasteiger partial charge in [-0.3, -0.25) is 14.9 Å². The second kappa shape index (κ2) is 7.13. The number of nitrogens with one attached hydrogen (secondary N) is 1. The summed E-state index contributed by atoms with van der Waals surface area (Å²) in [6, 6.07) is 9.18. The van der Waals surface area contributed by atoms with Gasteiger partial charge in [0.1, 0.15) is 11.5 Å². The Kier molecular flexibility index (Phi) is 4.74. The molecule has 1 fully saturated rings. The van der Waals surface area contributed by atoms with Crippen LogP contribution < -0.4 is 5.32 Å². The summed E-state index contributed by atoms with van der Waals surface area (Å²) in [5.41, 5.74) is 5.94. The van der Waals surface area contributed by atoms with E-state index in [1.165, 1.54) is 35.1 Å². The van der Waals surface area contributed by atoms with Crippen molar-refractivity contribution in [3.8, 4) is 0 Å². The minimum Gasteiger partial charge on any atom is -0.461 e. The molecule has 2 aromatic rings. The highest BCUT2D eigenvalue weighted by molar-refractivity contribution is 8.18. The largest absolute Gasteiger partial charge is 0.461 e. The molecule has 1 atom stereocenters. The van der Waals surface area contributed by atoms with Crippen molar-refractivity contribution in [3.05, 3.63) is 62.9 Å². The van der Waals surface area contributed by atoms with E-state index < -0.39 is 0 Å². The Morgan fingerprint density at radius 1 is 1.06 bits per heavy atom. The van der Waals surface area contributed by atoms with Crippen molar-refractivity contribution in [1.29, 1.82) is 0 Å². The molecule has 2 heterocycles. The van der Waals surface area contributed by atoms with Crippen molar-refractivity contribution in [2.45, 2.75) is 76.5 Å². The number of benzene rings is 1. The molecule has 1 N–H and O–H groups in total. The van der Waals surface area contributed by atoms with Crippen molar-refractivity contribution >= 4 is 29.0 Å². The molecule has 5 heteroatoms. The van der Waals surface area contributed by atoms with Crippen LogP contribution in [0.5, 0.6) is 0 Å². The summed E-state index contributed by atoms with van der Waals surface area (Å²) < 4.78 is 6.11. The van der Waals surface area contributed by atoms with Crippen LogP contribution >= 0.6 is 11.8 Å². The standard InChI is InChI=1S/C26H29NO3S/c1-25(2)10-11-26(3,4)20-12-15(8-9-19(20)25)17-6-5-7-21-18(17)13-16(30-21)14-22-23(28)27-24(29)31-22/h8-9,12-14,17H,5-7,10-11H2,1-4H3,(H,27,28,29)/b22-14+. The predicted octanol–water partition coefficient (Wildman–Crippen LogP) is 6.42. The molecule has 1 aliphatic heterocycles. The van der Waals surface area contributed by atoms with Crippen LogP contribution in [-0.2, 0) is 22.0 Å². The van der Waals surface area contributed by atoms with E-state index in [-0.39, 0.29) is 22.0 Å². The van der Waals surface area contributed by atoms with Gasteiger partial charge in [-0.2, -0.15) is 0 Å². The number of imide groups is 1. The number of carbonyl (C=O) groups excluding carboxylic acids is 2. The molecule has 1 unspecified atom stereocenters. The summed E-state index contributed by atoms with van der Waals surface area (Å²) in [5.74, 6) is 1.62. The minimum absolute atomic E-state index is 0.184. The van der Waals surface area contributed by atoms with Crippen LogP contribution in [0.15, 0.2) is 33.6 Å². The third-order valence-corrected chi connectivity index (χ3v) is 8.14. The highest BCUT2D eigenvalue weighted by Gasteiger charge is 2.38. The first-order chi connectivity index (χ1) is 14.6. The Balaban J connectivity index is 1.53. The molecule has 31 heavy (non-hydrogen) atoms. The molecular formula is C26H29NO3S. The summed E-state index contributed by atoms with van der Waals surface area (Å²) in [5, 5.41) is 1.97. The topological polar surface area (TPSA) is 59.3 Å². The quantitative estimate of drug-likeness (QED) is 0.553. The van der Waals surface area contributed by atoms with Crippen LogP contribution in [0.2, 0.25) is 0 Å². The average molecular weight is 436 g/mol. The van der Waals surface area contributed by atoms with Gasteiger partial charge in [0.2, 0.25) is 0 Å². The molecule has 0 radical (unpaired) electrons. The zero-order valence-electron chi connectivity index (χ0n) is 18.6. The monoisotopic (exact) mass is 435 g/mol. The highest BCUT2D eigenvalue weighted by Crippen LogP contribution is 2.48. The molecule has 5 rings (SSSR count). The number of carbonyl (C=O) groups is 2. The van der Waals surface area contributed by atoms with Gasteiger partial charge in [-0.25, -0.2) is 0 Å². The van der Waals surface area contributed by atoms with Crippen LogP contribution in [-0.4, -0.2) is 11.1 Å². The lowest BCUT2D eigenvalue weighted by Crippen LogP contribution is -2.34. The van der Waals surface area contributed by atoms with E-state index in [0.717, 1.165) is 36.8 Å². The van der Waals surface area contributed by atoms with Crippen LogP contribution in [0.3, 0.4) is 0 Å². The Hall–Kier alpha value is -2.27. The van der Waals surface area contributed by atoms with Crippen molar-refractivity contribution in [1.82, 2.24) is 5.32 Å². The fraction of sp³-hybridized carbons (Fsp3) is 0.462. The van der Waals surface area contributed by atoms with Crippen molar-refractivity contribution < 1.29 is 14.0 Å². The molecular weight excluding hydrogens is 406 g/mol. The third kappa shape index (κ3) is 3.57. The molecule has 0 saturated carbocycles. The zero-order valence-corrected chi connectivity index (χ0v) is 19.4. The molecule has 0 spiro atoms. The first-order valence-electron chi connectivity index (χ1n) is 11.2. The number of hydrogen-bond donors (Lipinski definition) is 1. The Labute approximate surface area is 187 Å². The lowest BCUT2D eigenvalue weighted by molar-refractivity contribution is -0.115. The van der Waals surface area contributed by atoms with Gasteiger partial charge < -0.3 is 4.42 Å². The van der Waals surface area contributed by atoms with E-state index in [1.807, 2.05) is 0 Å². The molecule has 2 amide bonds. The fourth-order valence-corrected chi connectivity index (χ4v) is 6.03. The smallest absolute Gasteiger partial charge is 0.290 e. The summed E-state index contributed by atoms with van der Waals surface area (Å²) in [7, 11) is 0. The normalized spacial score (nSPS) is 25.3. The Morgan fingerprint density at radius 3 is 2.52 bits per heavy atom. The number of thioether (sulfide) groups is 1. The maximum absolute atomic E-state index is 11.9. The lowest BCUT2D eigenvalue weighted by Gasteiger charge is -2.42. The van der Waals surface area contributed by atoms with Crippen LogP contribution in [0.25, 0.3) is 6.08 Å². The van der Waals surface area contributed by atoms with Crippen LogP contribution in [0.1, 0.15) is 93.1 Å². The van der Waals surface area contributed by atoms with Crippen molar-refractivity contribution in [2.24, 2.45) is 0 Å². The van der Waals surface area contributed by atoms with Gasteiger partial charge in [0.05, 0.1) is 4.91 Å². The number of furan rings is 1. The molecule has 1 aromatic heterocycles. The highest BCUT2D eigenvalue weighted by atomic mass is 32.2. The van der Waals surface area contributed by atoms with E-state index in [1.54, 1.807) is 6.08 Å². The lowest BCUT2D eigenvalue weighted by atomic mass is 9.62. The maximum Gasteiger partial charge on any atom is 0.290 e. The zero-order chi connectivity index (χ0) is 22.0. The second-order valence-electron chi connectivity index (χ2n) is 10.4. The Bertz CT molecular complexity index is 1120. The first-order valence-corrected chi connectivity index (χ1v) is 12.0. The van der Waals surface area contributed by atoms with Gasteiger partial charge in [0.25, 0.3) is 11.1 Å². The van der Waals surface area contributed by atoms with Crippen LogP contribution in [0.4, 0.5) is 4.79 Å². The SMILES string of the molecule is CC1(C)CCC(C)(C)c2cc(C3CCCc4oc(/C=C5/SC(=O)NC5=O)cc43)ccc21. The molecule has 1 saturated heterocycles. The van der Waals surface area contributed by atoms with Gasteiger partial charge in [0, 0.05) is 24.0 Å². The van der Waals surface area contributed by atoms with E-state index >= 15 is 0 Å². The van der Waals surface area contributed by atoms with Gasteiger partial charge in [0.15, 0.2) is 0 Å². The van der Waals surface area contributed by atoms with E-state index in [2.05, 4.69) is 57.3 Å². The fourth-order valence-electron chi connectivity index (χ4n) is 5.37. The number of amides is 2. The van der Waals surface area contributed by atoms with Crippen molar-refractivity contribution in [2.75, 3.05) is 0 Å². The summed E-state index contributed by atoms with van der Waals surface area (Å²) in [6.45, 7) is 9.45. The number of fused-ring (bicyclic) bond motifs is 2. The summed E-state index contributed by atoms with van der Waals surface area (Å²) in [6.07, 6.45) is 7.21. The van der Waals surface area contributed by atoms with Gasteiger partial charge in [-0.1, -0.05) is 45.9 Å². The minimum atomic E-state index is -0.347. The van der Waals surface area contributed by atoms with Gasteiger partial charge in [-0.15, -0.1) is 0 Å². The molecule has 2 aliphatic carbocycles. The van der Waals surface area contributed by atoms with E-state index in [4.69, 9.17) is 4.42 Å². The Morgan fingerprint density at radius 2 is 1.81 bits per heavy atom. The number of aryl methyl sites for hydroxylation is 1. The molecule has 3 aliphatic rings. The number of hydrogen-bond acceptors (Lipinski definition) is 4. The maximum atomic E-state index is 11.9. The molecule has 0 bridgehead atoms. The molecule has 162 valence electrons. The summed E-state index contributed by atoms with van der Waals surface area (Å²) >= 11 is 0.928. The van der Waals surface area contributed by atoms with E-state index in [0.29, 0.717) is 16.6 Å². The second-order valence-corrected chi connectivity index (χ2v) is 11.4. The molecule has 4 nitrogen and oxygen atoms in total. The predicted molar refractivity (Wildman–Crippen MR) is 124 cm³/mol. The van der Waals surface area contributed by atoms with Gasteiger partial charge >= 0.3 is 0 Å². The summed E-state index contributed by atoms with van der Waals surface area (Å²) in [4.78, 5) is 23.8. The van der Waals surface area contributed by atoms with Crippen LogP contribution in [0, 0.1) is 0 Å². The third-order valence-electron chi connectivity index (χ3n) is 7.33. The van der Waals surface area contributed by atoms with E-state index in [9.17, 15) is 9.59 Å². The number of rotatable bonds is 2. The average Bonchev–Trinajstić information content (AvgIpc) is 3.27. The van der Waals surface area contributed by atoms with Gasteiger partial charge in [-0.05, 0) is 71.0 Å². The van der Waals surface area contributed by atoms with Crippen molar-refractivity contribution in [3.63, 3.8) is 0 Å².